The third-order valence-electron chi connectivity index (χ3n) is 6.31. The molecule has 0 saturated heterocycles. The van der Waals surface area contributed by atoms with Crippen LogP contribution in [0.2, 0.25) is 0 Å². The molecule has 11 heteroatoms. The summed E-state index contributed by atoms with van der Waals surface area (Å²) >= 11 is 0. The Morgan fingerprint density at radius 3 is 2.45 bits per heavy atom. The van der Waals surface area contributed by atoms with Gasteiger partial charge in [-0.3, -0.25) is 14.6 Å². The minimum absolute atomic E-state index is 0.0261. The fourth-order valence-electron chi connectivity index (χ4n) is 4.21. The van der Waals surface area contributed by atoms with Crippen LogP contribution in [0.25, 0.3) is 22.1 Å². The first-order valence-corrected chi connectivity index (χ1v) is 13.2. The minimum atomic E-state index is -4.77. The molecule has 0 fully saturated rings. The number of halogens is 4. The molecule has 0 saturated carbocycles. The average molecular weight is 587 g/mol. The van der Waals surface area contributed by atoms with Crippen LogP contribution in [0.15, 0.2) is 59.1 Å². The lowest BCUT2D eigenvalue weighted by atomic mass is 9.95. The number of para-hydroxylation sites is 1. The lowest BCUT2D eigenvalue weighted by molar-refractivity contribution is -0.152. The van der Waals surface area contributed by atoms with Crippen LogP contribution in [-0.2, 0) is 40.1 Å². The summed E-state index contributed by atoms with van der Waals surface area (Å²) in [5, 5.41) is 2.72. The van der Waals surface area contributed by atoms with Crippen molar-refractivity contribution >= 4 is 22.8 Å². The van der Waals surface area contributed by atoms with Crippen molar-refractivity contribution in [2.75, 3.05) is 6.61 Å². The number of ether oxygens (including phenoxy) is 2. The molecule has 0 radical (unpaired) electrons. The van der Waals surface area contributed by atoms with Crippen molar-refractivity contribution in [2.24, 2.45) is 5.41 Å². The van der Waals surface area contributed by atoms with Gasteiger partial charge in [-0.25, -0.2) is 4.39 Å². The van der Waals surface area contributed by atoms with Crippen LogP contribution in [0.1, 0.15) is 50.3 Å². The van der Waals surface area contributed by atoms with Gasteiger partial charge in [0.2, 0.25) is 11.7 Å². The Kier molecular flexibility index (Phi) is 8.89. The van der Waals surface area contributed by atoms with E-state index in [-0.39, 0.29) is 59.9 Å². The number of rotatable bonds is 9. The number of carbonyl (C=O) groups excluding carboxylic acids is 2. The Labute approximate surface area is 239 Å². The van der Waals surface area contributed by atoms with E-state index >= 15 is 4.39 Å². The number of nitrogens with zero attached hydrogens (tertiary/aromatic N) is 1. The van der Waals surface area contributed by atoms with E-state index in [9.17, 15) is 22.8 Å². The van der Waals surface area contributed by atoms with E-state index in [1.54, 1.807) is 52.0 Å². The highest BCUT2D eigenvalue weighted by Crippen LogP contribution is 2.39. The first-order chi connectivity index (χ1) is 19.8. The SMILES string of the molecule is CCOC(=O)Cc1ccccc1OCc1cc(-c2ccnc(CNC(=O)C(C)(C)C)c2F)c2oc(C(F)(F)F)cc2c1. The number of esters is 1. The van der Waals surface area contributed by atoms with Crippen molar-refractivity contribution in [3.63, 3.8) is 0 Å². The summed E-state index contributed by atoms with van der Waals surface area (Å²) in [6, 6.07) is 12.0. The summed E-state index contributed by atoms with van der Waals surface area (Å²) in [4.78, 5) is 28.3. The van der Waals surface area contributed by atoms with Gasteiger partial charge in [0.25, 0.3) is 0 Å². The highest BCUT2D eigenvalue weighted by Gasteiger charge is 2.36. The van der Waals surface area contributed by atoms with Gasteiger partial charge >= 0.3 is 12.1 Å². The lowest BCUT2D eigenvalue weighted by Gasteiger charge is -2.18. The number of hydrogen-bond acceptors (Lipinski definition) is 6. The second-order valence-corrected chi connectivity index (χ2v) is 10.6. The second kappa shape index (κ2) is 12.2. The lowest BCUT2D eigenvalue weighted by Crippen LogP contribution is -2.34. The molecule has 1 N–H and O–H groups in total. The maximum absolute atomic E-state index is 15.7. The molecular formula is C31H30F4N2O5. The first kappa shape index (κ1) is 30.5. The van der Waals surface area contributed by atoms with Crippen molar-refractivity contribution < 1.29 is 41.0 Å². The highest BCUT2D eigenvalue weighted by molar-refractivity contribution is 5.94. The van der Waals surface area contributed by atoms with E-state index in [1.165, 1.54) is 24.4 Å². The van der Waals surface area contributed by atoms with E-state index in [2.05, 4.69) is 10.3 Å². The van der Waals surface area contributed by atoms with Crippen molar-refractivity contribution in [1.82, 2.24) is 10.3 Å². The molecule has 0 bridgehead atoms. The molecule has 222 valence electrons. The van der Waals surface area contributed by atoms with Crippen molar-refractivity contribution in [1.29, 1.82) is 0 Å². The molecule has 0 aliphatic heterocycles. The Morgan fingerprint density at radius 2 is 1.76 bits per heavy atom. The summed E-state index contributed by atoms with van der Waals surface area (Å²) in [5.74, 6) is -2.40. The number of carbonyl (C=O) groups is 2. The van der Waals surface area contributed by atoms with Crippen molar-refractivity contribution in [3.05, 3.63) is 83.1 Å². The monoisotopic (exact) mass is 586 g/mol. The quantitative estimate of drug-likeness (QED) is 0.168. The van der Waals surface area contributed by atoms with Crippen molar-refractivity contribution in [2.45, 2.75) is 53.4 Å². The Balaban J connectivity index is 1.72. The minimum Gasteiger partial charge on any atom is -0.489 e. The zero-order valence-corrected chi connectivity index (χ0v) is 23.5. The van der Waals surface area contributed by atoms with Gasteiger partial charge in [0, 0.05) is 33.7 Å². The Morgan fingerprint density at radius 1 is 1.02 bits per heavy atom. The maximum Gasteiger partial charge on any atom is 0.449 e. The molecule has 2 aromatic carbocycles. The molecule has 0 atom stereocenters. The molecule has 1 amide bonds. The van der Waals surface area contributed by atoms with Gasteiger partial charge in [-0.15, -0.1) is 0 Å². The molecular weight excluding hydrogens is 556 g/mol. The number of fused-ring (bicyclic) bond motifs is 1. The van der Waals surface area contributed by atoms with Gasteiger partial charge in [-0.2, -0.15) is 13.2 Å². The average Bonchev–Trinajstić information content (AvgIpc) is 3.36. The Bertz CT molecular complexity index is 1610. The number of furan rings is 1. The first-order valence-electron chi connectivity index (χ1n) is 13.2. The van der Waals surface area contributed by atoms with Gasteiger partial charge in [0.05, 0.1) is 25.3 Å². The predicted molar refractivity (Wildman–Crippen MR) is 147 cm³/mol. The standard InChI is InChI=1S/C31H30F4N2O5/c1-5-40-26(38)15-19-8-6-7-9-24(19)41-17-18-12-20-14-25(31(33,34)35)42-28(20)22(13-18)21-10-11-36-23(27(21)32)16-37-29(39)30(2,3)4/h6-14H,5,15-17H2,1-4H3,(H,37,39). The summed E-state index contributed by atoms with van der Waals surface area (Å²) < 4.78 is 72.6. The third kappa shape index (κ3) is 7.07. The van der Waals surface area contributed by atoms with Crippen LogP contribution < -0.4 is 10.1 Å². The number of aromatic nitrogens is 1. The zero-order valence-electron chi connectivity index (χ0n) is 23.5. The molecule has 0 aliphatic carbocycles. The van der Waals surface area contributed by atoms with Crippen LogP contribution in [-0.4, -0.2) is 23.5 Å². The van der Waals surface area contributed by atoms with E-state index in [4.69, 9.17) is 13.9 Å². The van der Waals surface area contributed by atoms with Gasteiger partial charge in [0.15, 0.2) is 5.82 Å². The smallest absolute Gasteiger partial charge is 0.449 e. The Hall–Kier alpha value is -4.41. The van der Waals surface area contributed by atoms with Crippen LogP contribution in [0.5, 0.6) is 5.75 Å². The van der Waals surface area contributed by atoms with Gasteiger partial charge in [0.1, 0.15) is 17.9 Å². The highest BCUT2D eigenvalue weighted by atomic mass is 19.4. The predicted octanol–water partition coefficient (Wildman–Crippen LogP) is 7.00. The molecule has 0 spiro atoms. The number of hydrogen-bond donors (Lipinski definition) is 1. The zero-order chi connectivity index (χ0) is 30.7. The van der Waals surface area contributed by atoms with Crippen LogP contribution in [0.3, 0.4) is 0 Å². The molecule has 0 aliphatic rings. The fraction of sp³-hybridized carbons (Fsp3) is 0.323. The number of benzene rings is 2. The van der Waals surface area contributed by atoms with Gasteiger partial charge in [-0.1, -0.05) is 39.0 Å². The maximum atomic E-state index is 15.7. The largest absolute Gasteiger partial charge is 0.489 e. The summed E-state index contributed by atoms with van der Waals surface area (Å²) in [6.45, 7) is 6.73. The summed E-state index contributed by atoms with van der Waals surface area (Å²) in [7, 11) is 0. The fourth-order valence-corrected chi connectivity index (χ4v) is 4.21. The molecule has 4 rings (SSSR count). The summed E-state index contributed by atoms with van der Waals surface area (Å²) in [6.07, 6.45) is -3.48. The molecule has 0 unspecified atom stereocenters. The number of nitrogens with one attached hydrogen (secondary N) is 1. The van der Waals surface area contributed by atoms with E-state index in [0.717, 1.165) is 6.07 Å². The second-order valence-electron chi connectivity index (χ2n) is 10.6. The van der Waals surface area contributed by atoms with Gasteiger partial charge < -0.3 is 19.2 Å². The van der Waals surface area contributed by atoms with Crippen LogP contribution in [0.4, 0.5) is 17.6 Å². The van der Waals surface area contributed by atoms with E-state index < -0.39 is 29.1 Å². The normalized spacial score (nSPS) is 11.9. The summed E-state index contributed by atoms with van der Waals surface area (Å²) in [5.41, 5.74) is 0.0381. The van der Waals surface area contributed by atoms with E-state index in [1.807, 2.05) is 0 Å². The molecule has 7 nitrogen and oxygen atoms in total. The van der Waals surface area contributed by atoms with Crippen LogP contribution in [0, 0.1) is 11.2 Å². The molecule has 42 heavy (non-hydrogen) atoms. The van der Waals surface area contributed by atoms with Crippen LogP contribution >= 0.6 is 0 Å². The van der Waals surface area contributed by atoms with E-state index in [0.29, 0.717) is 16.9 Å². The number of pyridine rings is 1. The number of alkyl halides is 3. The van der Waals surface area contributed by atoms with Crippen molar-refractivity contribution in [3.8, 4) is 16.9 Å². The molecule has 2 aromatic heterocycles. The third-order valence-corrected chi connectivity index (χ3v) is 6.31. The van der Waals surface area contributed by atoms with Gasteiger partial charge in [-0.05, 0) is 42.8 Å². The molecule has 2 heterocycles. The number of amides is 1. The molecule has 4 aromatic rings. The topological polar surface area (TPSA) is 90.7 Å².